The Morgan fingerprint density at radius 3 is 2.50 bits per heavy atom. The van der Waals surface area contributed by atoms with Gasteiger partial charge in [-0.2, -0.15) is 24.9 Å². The van der Waals surface area contributed by atoms with Gasteiger partial charge in [0.25, 0.3) is 5.91 Å². The van der Waals surface area contributed by atoms with Crippen LogP contribution in [0.4, 0.5) is 24.7 Å². The van der Waals surface area contributed by atoms with Gasteiger partial charge in [0.15, 0.2) is 0 Å². The molecule has 1 aliphatic heterocycles. The van der Waals surface area contributed by atoms with Gasteiger partial charge >= 0.3 is 6.18 Å². The molecule has 0 spiro atoms. The Morgan fingerprint density at radius 1 is 1.27 bits per heavy atom. The first kappa shape index (κ1) is 21.9. The molecule has 1 saturated heterocycles. The first-order chi connectivity index (χ1) is 14.3. The first-order valence-electron chi connectivity index (χ1n) is 9.24. The van der Waals surface area contributed by atoms with Crippen LogP contribution >= 0.6 is 11.8 Å². The molecule has 3 rings (SSSR count). The van der Waals surface area contributed by atoms with Crippen molar-refractivity contribution in [2.24, 2.45) is 0 Å². The highest BCUT2D eigenvalue weighted by molar-refractivity contribution is 7.99. The number of thioether (sulfide) groups is 1. The van der Waals surface area contributed by atoms with E-state index < -0.39 is 17.6 Å². The Kier molecular flexibility index (Phi) is 6.86. The lowest BCUT2D eigenvalue weighted by Crippen LogP contribution is -2.26. The minimum Gasteiger partial charge on any atom is -0.495 e. The Bertz CT molecular complexity index is 914. The molecule has 0 bridgehead atoms. The summed E-state index contributed by atoms with van der Waals surface area (Å²) in [6.45, 7) is 0. The molecule has 1 aromatic heterocycles. The number of alkyl halides is 3. The number of hydrogen-bond acceptors (Lipinski definition) is 6. The van der Waals surface area contributed by atoms with Gasteiger partial charge in [-0.3, -0.25) is 4.79 Å². The largest absolute Gasteiger partial charge is 0.495 e. The molecule has 0 atom stereocenters. The molecule has 160 valence electrons. The normalized spacial score (nSPS) is 14.8. The van der Waals surface area contributed by atoms with Gasteiger partial charge in [-0.25, -0.2) is 4.98 Å². The van der Waals surface area contributed by atoms with Crippen molar-refractivity contribution in [3.63, 3.8) is 0 Å². The molecule has 10 heteroatoms. The Balaban J connectivity index is 1.82. The van der Waals surface area contributed by atoms with Gasteiger partial charge in [0, 0.05) is 24.1 Å². The number of carbonyl (C=O) groups is 1. The fraction of sp³-hybridized carbons (Fsp3) is 0.350. The van der Waals surface area contributed by atoms with Crippen molar-refractivity contribution < 1.29 is 22.7 Å². The van der Waals surface area contributed by atoms with Crippen LogP contribution in [0.5, 0.6) is 5.75 Å². The zero-order valence-electron chi connectivity index (χ0n) is 16.2. The van der Waals surface area contributed by atoms with E-state index in [4.69, 9.17) is 10.1 Å². The summed E-state index contributed by atoms with van der Waals surface area (Å²) in [7, 11) is 1.39. The quantitative estimate of drug-likeness (QED) is 0.571. The number of aromatic nitrogens is 1. The highest BCUT2D eigenvalue weighted by Crippen LogP contribution is 2.32. The maximum atomic E-state index is 12.7. The molecule has 2 heterocycles. The Labute approximate surface area is 176 Å². The number of carbonyl (C=O) groups excluding carboxylic acids is 1. The van der Waals surface area contributed by atoms with Crippen molar-refractivity contribution in [3.05, 3.63) is 47.2 Å². The Morgan fingerprint density at radius 2 is 1.93 bits per heavy atom. The van der Waals surface area contributed by atoms with Crippen molar-refractivity contribution >= 4 is 35.4 Å². The van der Waals surface area contributed by atoms with Crippen LogP contribution in [0.15, 0.2) is 30.5 Å². The van der Waals surface area contributed by atoms with Crippen LogP contribution in [0.3, 0.4) is 0 Å². The number of anilines is 2. The van der Waals surface area contributed by atoms with E-state index in [-0.39, 0.29) is 23.0 Å². The van der Waals surface area contributed by atoms with Crippen molar-refractivity contribution in [2.45, 2.75) is 25.1 Å². The van der Waals surface area contributed by atoms with E-state index in [1.807, 2.05) is 11.8 Å². The van der Waals surface area contributed by atoms with Crippen molar-refractivity contribution in [1.82, 2.24) is 4.98 Å². The van der Waals surface area contributed by atoms with Crippen LogP contribution in [-0.2, 0) is 6.18 Å². The summed E-state index contributed by atoms with van der Waals surface area (Å²) in [5, 5.41) is 13.6. The second kappa shape index (κ2) is 9.38. The van der Waals surface area contributed by atoms with E-state index in [0.29, 0.717) is 11.4 Å². The minimum atomic E-state index is -4.45. The number of nitrogens with zero attached hydrogens (tertiary/aromatic N) is 1. The average molecular weight is 438 g/mol. The molecule has 3 N–H and O–H groups in total. The van der Waals surface area contributed by atoms with E-state index in [9.17, 15) is 18.0 Å². The molecule has 0 unspecified atom stereocenters. The Hall–Kier alpha value is -2.75. The lowest BCUT2D eigenvalue weighted by Gasteiger charge is -2.24. The van der Waals surface area contributed by atoms with Crippen LogP contribution in [0.2, 0.25) is 0 Å². The maximum Gasteiger partial charge on any atom is 0.416 e. The molecule has 6 nitrogen and oxygen atoms in total. The third-order valence-corrected chi connectivity index (χ3v) is 5.74. The van der Waals surface area contributed by atoms with Gasteiger partial charge < -0.3 is 20.8 Å². The highest BCUT2D eigenvalue weighted by Gasteiger charge is 2.30. The summed E-state index contributed by atoms with van der Waals surface area (Å²) in [6, 6.07) is 4.37. The van der Waals surface area contributed by atoms with Gasteiger partial charge in [-0.15, -0.1) is 0 Å². The van der Waals surface area contributed by atoms with E-state index in [1.165, 1.54) is 25.4 Å². The molecule has 1 aromatic carbocycles. The third-order valence-electron chi connectivity index (χ3n) is 4.69. The van der Waals surface area contributed by atoms with Gasteiger partial charge in [-0.1, -0.05) is 0 Å². The molecule has 0 aliphatic carbocycles. The standard InChI is InChI=1S/C20H21F3N4O2S/c1-29-17-15(10-24)18(26-14-6-8-30-9-7-14)25-11-16(17)19(28)27-13-4-2-12(3-5-13)20(21,22)23/h2-5,10-11,14,24H,6-9H2,1H3,(H,25,26)(H,27,28). The maximum absolute atomic E-state index is 12.7. The van der Waals surface area contributed by atoms with E-state index in [1.54, 1.807) is 0 Å². The van der Waals surface area contributed by atoms with Crippen LogP contribution in [0.1, 0.15) is 34.3 Å². The topological polar surface area (TPSA) is 87.1 Å². The lowest BCUT2D eigenvalue weighted by molar-refractivity contribution is -0.137. The average Bonchev–Trinajstić information content (AvgIpc) is 2.73. The predicted octanol–water partition coefficient (Wildman–Crippen LogP) is 4.67. The van der Waals surface area contributed by atoms with Gasteiger partial charge in [0.1, 0.15) is 17.1 Å². The smallest absolute Gasteiger partial charge is 0.416 e. The predicted molar refractivity (Wildman–Crippen MR) is 112 cm³/mol. The summed E-state index contributed by atoms with van der Waals surface area (Å²) in [5.41, 5.74) is -0.174. The molecule has 0 saturated carbocycles. The number of pyridine rings is 1. The molecule has 1 fully saturated rings. The van der Waals surface area contributed by atoms with Crippen molar-refractivity contribution in [2.75, 3.05) is 29.2 Å². The minimum absolute atomic E-state index is 0.0839. The van der Waals surface area contributed by atoms with Crippen LogP contribution in [0.25, 0.3) is 0 Å². The van der Waals surface area contributed by atoms with E-state index in [2.05, 4.69) is 15.6 Å². The fourth-order valence-corrected chi connectivity index (χ4v) is 4.22. The second-order valence-electron chi connectivity index (χ2n) is 6.67. The highest BCUT2D eigenvalue weighted by atomic mass is 32.2. The molecule has 1 aliphatic rings. The first-order valence-corrected chi connectivity index (χ1v) is 10.4. The summed E-state index contributed by atoms with van der Waals surface area (Å²) in [5.74, 6) is 2.13. The van der Waals surface area contributed by atoms with Crippen LogP contribution in [-0.4, -0.2) is 41.8 Å². The zero-order chi connectivity index (χ0) is 21.7. The lowest BCUT2D eigenvalue weighted by atomic mass is 10.1. The number of benzene rings is 1. The van der Waals surface area contributed by atoms with E-state index >= 15 is 0 Å². The molecule has 2 aromatic rings. The summed E-state index contributed by atoms with van der Waals surface area (Å²) < 4.78 is 43.5. The molecular formula is C20H21F3N4O2S. The number of hydrogen-bond donors (Lipinski definition) is 3. The third kappa shape index (κ3) is 5.05. The summed E-state index contributed by atoms with van der Waals surface area (Å²) in [6.07, 6.45) is -0.0925. The number of amides is 1. The number of nitrogens with one attached hydrogen (secondary N) is 3. The number of methoxy groups -OCH3 is 1. The summed E-state index contributed by atoms with van der Waals surface area (Å²) >= 11 is 1.89. The number of ether oxygens (including phenoxy) is 1. The molecule has 30 heavy (non-hydrogen) atoms. The zero-order valence-corrected chi connectivity index (χ0v) is 17.0. The SMILES string of the molecule is COc1c(C(=O)Nc2ccc(C(F)(F)F)cc2)cnc(NC2CCSCC2)c1C=N. The van der Waals surface area contributed by atoms with Gasteiger partial charge in [-0.05, 0) is 48.6 Å². The van der Waals surface area contributed by atoms with Gasteiger partial charge in [0.2, 0.25) is 0 Å². The number of halogens is 3. The molecular weight excluding hydrogens is 417 g/mol. The number of rotatable bonds is 6. The monoisotopic (exact) mass is 438 g/mol. The molecule has 1 amide bonds. The summed E-state index contributed by atoms with van der Waals surface area (Å²) in [4.78, 5) is 17.0. The fourth-order valence-electron chi connectivity index (χ4n) is 3.12. The molecule has 0 radical (unpaired) electrons. The van der Waals surface area contributed by atoms with Crippen LogP contribution in [0, 0.1) is 5.41 Å². The second-order valence-corrected chi connectivity index (χ2v) is 7.90. The van der Waals surface area contributed by atoms with Gasteiger partial charge in [0.05, 0.1) is 18.2 Å². The van der Waals surface area contributed by atoms with Crippen molar-refractivity contribution in [1.29, 1.82) is 5.41 Å². The van der Waals surface area contributed by atoms with E-state index in [0.717, 1.165) is 42.7 Å². The van der Waals surface area contributed by atoms with Crippen LogP contribution < -0.4 is 15.4 Å². The van der Waals surface area contributed by atoms with Crippen molar-refractivity contribution in [3.8, 4) is 5.75 Å².